The number of aromatic amines is 1. The van der Waals surface area contributed by atoms with E-state index < -0.39 is 0 Å². The molecule has 3 rings (SSSR count). The molecule has 1 unspecified atom stereocenters. The smallest absolute Gasteiger partial charge is 0.258 e. The van der Waals surface area contributed by atoms with E-state index in [9.17, 15) is 4.79 Å². The van der Waals surface area contributed by atoms with Crippen LogP contribution in [0.1, 0.15) is 62.8 Å². The van der Waals surface area contributed by atoms with Gasteiger partial charge in [-0.15, -0.1) is 0 Å². The molecule has 3 nitrogen and oxygen atoms in total. The summed E-state index contributed by atoms with van der Waals surface area (Å²) in [7, 11) is 0. The van der Waals surface area contributed by atoms with Gasteiger partial charge >= 0.3 is 0 Å². The van der Waals surface area contributed by atoms with Crippen molar-refractivity contribution in [2.24, 2.45) is 0 Å². The minimum absolute atomic E-state index is 0.0486. The van der Waals surface area contributed by atoms with Gasteiger partial charge in [-0.25, -0.2) is 4.98 Å². The monoisotopic (exact) mass is 334 g/mol. The standard InChI is InChI=1S/C22H26N2O/c1-2-3-4-5-9-14-18(17-12-7-6-8-13-17)21-23-20-16-11-10-15-19(20)22(25)24-21/h6-8,10-13,15-16,18H,2-5,9,14H2,1H3,(H,23,24,25). The number of rotatable bonds is 8. The highest BCUT2D eigenvalue weighted by molar-refractivity contribution is 5.77. The maximum absolute atomic E-state index is 12.5. The molecule has 2 aromatic carbocycles. The molecule has 0 saturated heterocycles. The predicted molar refractivity (Wildman–Crippen MR) is 104 cm³/mol. The molecule has 25 heavy (non-hydrogen) atoms. The lowest BCUT2D eigenvalue weighted by Crippen LogP contribution is -2.16. The van der Waals surface area contributed by atoms with Crippen molar-refractivity contribution in [2.45, 2.75) is 51.4 Å². The Morgan fingerprint density at radius 3 is 2.44 bits per heavy atom. The number of fused-ring (bicyclic) bond motifs is 1. The van der Waals surface area contributed by atoms with Gasteiger partial charge in [0, 0.05) is 5.92 Å². The molecule has 0 amide bonds. The lowest BCUT2D eigenvalue weighted by Gasteiger charge is -2.17. The van der Waals surface area contributed by atoms with Gasteiger partial charge in [-0.2, -0.15) is 0 Å². The highest BCUT2D eigenvalue weighted by Crippen LogP contribution is 2.28. The SMILES string of the molecule is CCCCCCCC(c1ccccc1)c1nc2ccccc2c(=O)[nH]1. The van der Waals surface area contributed by atoms with Crippen LogP contribution in [-0.4, -0.2) is 9.97 Å². The number of nitrogens with one attached hydrogen (secondary N) is 1. The van der Waals surface area contributed by atoms with Crippen LogP contribution < -0.4 is 5.56 Å². The van der Waals surface area contributed by atoms with Crippen LogP contribution >= 0.6 is 0 Å². The van der Waals surface area contributed by atoms with Gasteiger partial charge in [0.05, 0.1) is 10.9 Å². The molecule has 0 aliphatic rings. The van der Waals surface area contributed by atoms with Gasteiger partial charge in [0.15, 0.2) is 0 Å². The Kier molecular flexibility index (Phi) is 5.99. The molecule has 0 fully saturated rings. The second-order valence-corrected chi connectivity index (χ2v) is 6.63. The zero-order valence-corrected chi connectivity index (χ0v) is 14.9. The van der Waals surface area contributed by atoms with Crippen LogP contribution in [0, 0.1) is 0 Å². The van der Waals surface area contributed by atoms with Crippen molar-refractivity contribution in [3.05, 3.63) is 76.3 Å². The van der Waals surface area contributed by atoms with E-state index in [1.165, 1.54) is 31.2 Å². The summed E-state index contributed by atoms with van der Waals surface area (Å²) >= 11 is 0. The second kappa shape index (κ2) is 8.61. The Morgan fingerprint density at radius 2 is 1.64 bits per heavy atom. The van der Waals surface area contributed by atoms with E-state index in [0.717, 1.165) is 24.2 Å². The van der Waals surface area contributed by atoms with Crippen LogP contribution in [0.5, 0.6) is 0 Å². The van der Waals surface area contributed by atoms with E-state index in [-0.39, 0.29) is 11.5 Å². The number of nitrogens with zero attached hydrogens (tertiary/aromatic N) is 1. The van der Waals surface area contributed by atoms with E-state index in [2.05, 4.69) is 36.2 Å². The molecule has 0 aliphatic heterocycles. The van der Waals surface area contributed by atoms with Gasteiger partial charge in [-0.3, -0.25) is 4.79 Å². The molecule has 0 bridgehead atoms. The van der Waals surface area contributed by atoms with Gasteiger partial charge in [-0.05, 0) is 24.1 Å². The van der Waals surface area contributed by atoms with Crippen molar-refractivity contribution in [3.8, 4) is 0 Å². The van der Waals surface area contributed by atoms with Crippen LogP contribution in [0.3, 0.4) is 0 Å². The first-order valence-electron chi connectivity index (χ1n) is 9.33. The molecule has 1 aromatic heterocycles. The second-order valence-electron chi connectivity index (χ2n) is 6.63. The Balaban J connectivity index is 1.90. The largest absolute Gasteiger partial charge is 0.309 e. The maximum Gasteiger partial charge on any atom is 0.258 e. The topological polar surface area (TPSA) is 45.8 Å². The van der Waals surface area contributed by atoms with Crippen molar-refractivity contribution >= 4 is 10.9 Å². The summed E-state index contributed by atoms with van der Waals surface area (Å²) in [6, 6.07) is 17.9. The molecule has 0 aliphatic carbocycles. The summed E-state index contributed by atoms with van der Waals surface area (Å²) in [4.78, 5) is 20.3. The summed E-state index contributed by atoms with van der Waals surface area (Å²) in [6.45, 7) is 2.23. The third-order valence-corrected chi connectivity index (χ3v) is 4.76. The molecule has 0 saturated carbocycles. The van der Waals surface area contributed by atoms with Crippen molar-refractivity contribution in [3.63, 3.8) is 0 Å². The molecule has 1 heterocycles. The van der Waals surface area contributed by atoms with Gasteiger partial charge in [0.1, 0.15) is 5.82 Å². The zero-order chi connectivity index (χ0) is 17.5. The lowest BCUT2D eigenvalue weighted by molar-refractivity contribution is 0.568. The minimum atomic E-state index is -0.0486. The number of hydrogen-bond donors (Lipinski definition) is 1. The summed E-state index contributed by atoms with van der Waals surface area (Å²) < 4.78 is 0. The average Bonchev–Trinajstić information content (AvgIpc) is 2.65. The third kappa shape index (κ3) is 4.36. The average molecular weight is 334 g/mol. The molecular weight excluding hydrogens is 308 g/mol. The number of hydrogen-bond acceptors (Lipinski definition) is 2. The molecular formula is C22H26N2O. The Labute approximate surface area is 149 Å². The highest BCUT2D eigenvalue weighted by atomic mass is 16.1. The number of benzene rings is 2. The first kappa shape index (κ1) is 17.4. The summed E-state index contributed by atoms with van der Waals surface area (Å²) in [5.74, 6) is 0.922. The normalized spacial score (nSPS) is 12.4. The summed E-state index contributed by atoms with van der Waals surface area (Å²) in [5, 5.41) is 0.654. The molecule has 3 aromatic rings. The molecule has 0 spiro atoms. The Bertz CT molecular complexity index is 855. The number of unbranched alkanes of at least 4 members (excludes halogenated alkanes) is 4. The van der Waals surface area contributed by atoms with Gasteiger partial charge in [0.25, 0.3) is 5.56 Å². The van der Waals surface area contributed by atoms with Crippen LogP contribution in [0.2, 0.25) is 0 Å². The first-order valence-corrected chi connectivity index (χ1v) is 9.33. The number of H-pyrrole nitrogens is 1. The number of para-hydroxylation sites is 1. The van der Waals surface area contributed by atoms with E-state index >= 15 is 0 Å². The first-order chi connectivity index (χ1) is 12.3. The molecule has 130 valence electrons. The van der Waals surface area contributed by atoms with E-state index in [4.69, 9.17) is 4.98 Å². The molecule has 1 atom stereocenters. The van der Waals surface area contributed by atoms with E-state index in [1.54, 1.807) is 0 Å². The number of aromatic nitrogens is 2. The van der Waals surface area contributed by atoms with E-state index in [0.29, 0.717) is 5.39 Å². The summed E-state index contributed by atoms with van der Waals surface area (Å²) in [6.07, 6.45) is 7.21. The third-order valence-electron chi connectivity index (χ3n) is 4.76. The Morgan fingerprint density at radius 1 is 0.920 bits per heavy atom. The maximum atomic E-state index is 12.5. The van der Waals surface area contributed by atoms with Crippen LogP contribution in [0.15, 0.2) is 59.4 Å². The molecule has 0 radical (unpaired) electrons. The van der Waals surface area contributed by atoms with Crippen molar-refractivity contribution in [2.75, 3.05) is 0 Å². The van der Waals surface area contributed by atoms with Gasteiger partial charge < -0.3 is 4.98 Å². The van der Waals surface area contributed by atoms with Crippen LogP contribution in [0.25, 0.3) is 10.9 Å². The molecule has 3 heteroatoms. The van der Waals surface area contributed by atoms with Crippen molar-refractivity contribution in [1.82, 2.24) is 9.97 Å². The Hall–Kier alpha value is -2.42. The van der Waals surface area contributed by atoms with Crippen LogP contribution in [-0.2, 0) is 0 Å². The van der Waals surface area contributed by atoms with Gasteiger partial charge in [-0.1, -0.05) is 81.5 Å². The summed E-state index contributed by atoms with van der Waals surface area (Å²) in [5.41, 5.74) is 1.94. The van der Waals surface area contributed by atoms with Gasteiger partial charge in [0.2, 0.25) is 0 Å². The quantitative estimate of drug-likeness (QED) is 0.559. The van der Waals surface area contributed by atoms with Crippen molar-refractivity contribution < 1.29 is 0 Å². The van der Waals surface area contributed by atoms with Crippen molar-refractivity contribution in [1.29, 1.82) is 0 Å². The fourth-order valence-electron chi connectivity index (χ4n) is 3.37. The fraction of sp³-hybridized carbons (Fsp3) is 0.364. The highest BCUT2D eigenvalue weighted by Gasteiger charge is 2.17. The zero-order valence-electron chi connectivity index (χ0n) is 14.9. The lowest BCUT2D eigenvalue weighted by atomic mass is 9.92. The minimum Gasteiger partial charge on any atom is -0.309 e. The predicted octanol–water partition coefficient (Wildman–Crippen LogP) is 5.42. The van der Waals surface area contributed by atoms with Crippen LogP contribution in [0.4, 0.5) is 0 Å². The molecule has 1 N–H and O–H groups in total. The fourth-order valence-corrected chi connectivity index (χ4v) is 3.37. The van der Waals surface area contributed by atoms with E-state index in [1.807, 2.05) is 30.3 Å².